The standard InChI is InChI=1S/C41H75N2O6P/c1-6-8-10-12-14-16-17-18-19-20-21-22-23-24-25-27-29-31-33-35-41(45)42-39(38-49-50(46,47)48-37-36-43(3,4)5)40(44)34-32-30-28-26-15-13-11-9-7-2/h14-16,18-19,21-22,26,32,34,39-40,44H,6-13,17,20,23-25,27-31,33,35-38H2,1-5H3,(H-,42,45,46,47)/p+1/b16-14-,19-18-,22-21-,26-15+,34-32+. The van der Waals surface area contributed by atoms with Gasteiger partial charge in [-0.1, -0.05) is 126 Å². The second kappa shape index (κ2) is 33.1. The number of aliphatic hydroxyl groups is 1. The van der Waals surface area contributed by atoms with Crippen LogP contribution in [0.2, 0.25) is 0 Å². The number of carbonyl (C=O) groups is 1. The average molecular weight is 724 g/mol. The fourth-order valence-corrected chi connectivity index (χ4v) is 5.74. The minimum Gasteiger partial charge on any atom is -0.387 e. The second-order valence-electron chi connectivity index (χ2n) is 14.3. The number of quaternary nitrogens is 1. The summed E-state index contributed by atoms with van der Waals surface area (Å²) in [5.74, 6) is -0.207. The van der Waals surface area contributed by atoms with E-state index in [0.29, 0.717) is 17.4 Å². The van der Waals surface area contributed by atoms with E-state index in [2.05, 4.69) is 67.8 Å². The number of carbonyl (C=O) groups excluding carboxylic acids is 1. The van der Waals surface area contributed by atoms with Gasteiger partial charge < -0.3 is 19.8 Å². The molecule has 3 atom stereocenters. The number of likely N-dealkylation sites (N-methyl/N-ethyl adjacent to an activating group) is 1. The number of hydrogen-bond acceptors (Lipinski definition) is 5. The molecule has 9 heteroatoms. The lowest BCUT2D eigenvalue weighted by Gasteiger charge is -2.25. The van der Waals surface area contributed by atoms with Crippen LogP contribution < -0.4 is 5.32 Å². The zero-order valence-electron chi connectivity index (χ0n) is 32.6. The summed E-state index contributed by atoms with van der Waals surface area (Å²) in [6, 6.07) is -0.869. The fourth-order valence-electron chi connectivity index (χ4n) is 5.00. The van der Waals surface area contributed by atoms with E-state index in [9.17, 15) is 19.4 Å². The lowest BCUT2D eigenvalue weighted by atomic mass is 10.1. The first kappa shape index (κ1) is 48.2. The smallest absolute Gasteiger partial charge is 0.387 e. The molecule has 0 aliphatic carbocycles. The van der Waals surface area contributed by atoms with Crippen molar-refractivity contribution < 1.29 is 32.9 Å². The molecule has 0 aliphatic heterocycles. The number of aliphatic hydroxyl groups excluding tert-OH is 1. The van der Waals surface area contributed by atoms with Crippen molar-refractivity contribution in [3.63, 3.8) is 0 Å². The Morgan fingerprint density at radius 2 is 1.16 bits per heavy atom. The molecule has 3 unspecified atom stereocenters. The van der Waals surface area contributed by atoms with Crippen molar-refractivity contribution in [2.75, 3.05) is 40.9 Å². The SMILES string of the molecule is CCCCC/C=C\C/C=C\C/C=C\CCCCCCCCC(=O)NC(COP(=O)(O)OCC[N+](C)(C)C)C(O)/C=C/CC/C=C/CCCCC. The van der Waals surface area contributed by atoms with Gasteiger partial charge in [0.15, 0.2) is 0 Å². The number of hydrogen-bond donors (Lipinski definition) is 3. The normalized spacial score (nSPS) is 15.3. The van der Waals surface area contributed by atoms with Gasteiger partial charge in [-0.3, -0.25) is 13.8 Å². The Bertz CT molecular complexity index is 1000. The molecule has 50 heavy (non-hydrogen) atoms. The van der Waals surface area contributed by atoms with Crippen molar-refractivity contribution in [1.29, 1.82) is 0 Å². The molecule has 0 radical (unpaired) electrons. The molecule has 0 aromatic carbocycles. The maximum atomic E-state index is 12.8. The van der Waals surface area contributed by atoms with Gasteiger partial charge in [0.1, 0.15) is 13.2 Å². The quantitative estimate of drug-likeness (QED) is 0.0264. The molecule has 0 saturated heterocycles. The number of nitrogens with zero attached hydrogens (tertiary/aromatic N) is 1. The number of unbranched alkanes of at least 4 members (excludes halogenated alkanes) is 13. The molecule has 0 bridgehead atoms. The van der Waals surface area contributed by atoms with Crippen molar-refractivity contribution in [2.45, 2.75) is 154 Å². The highest BCUT2D eigenvalue weighted by Gasteiger charge is 2.27. The van der Waals surface area contributed by atoms with Gasteiger partial charge in [-0.05, 0) is 70.6 Å². The number of amides is 1. The summed E-state index contributed by atoms with van der Waals surface area (Å²) in [5.41, 5.74) is 0. The predicted octanol–water partition coefficient (Wildman–Crippen LogP) is 10.3. The Morgan fingerprint density at radius 1 is 0.680 bits per heavy atom. The van der Waals surface area contributed by atoms with Crippen molar-refractivity contribution >= 4 is 13.7 Å². The molecule has 0 saturated carbocycles. The molecule has 0 aromatic heterocycles. The van der Waals surface area contributed by atoms with E-state index in [0.717, 1.165) is 64.2 Å². The predicted molar refractivity (Wildman–Crippen MR) is 212 cm³/mol. The first-order valence-corrected chi connectivity index (χ1v) is 21.2. The highest BCUT2D eigenvalue weighted by molar-refractivity contribution is 7.47. The molecule has 1 amide bonds. The third-order valence-electron chi connectivity index (χ3n) is 8.21. The Balaban J connectivity index is 4.47. The van der Waals surface area contributed by atoms with Crippen LogP contribution in [-0.4, -0.2) is 73.4 Å². The molecule has 0 fully saturated rings. The van der Waals surface area contributed by atoms with Gasteiger partial charge in [-0.25, -0.2) is 4.57 Å². The highest BCUT2D eigenvalue weighted by Crippen LogP contribution is 2.43. The Morgan fingerprint density at radius 3 is 1.74 bits per heavy atom. The molecular formula is C41H76N2O6P+. The van der Waals surface area contributed by atoms with Crippen molar-refractivity contribution in [3.8, 4) is 0 Å². The van der Waals surface area contributed by atoms with Crippen LogP contribution in [0.1, 0.15) is 142 Å². The van der Waals surface area contributed by atoms with Gasteiger partial charge >= 0.3 is 7.82 Å². The molecule has 290 valence electrons. The lowest BCUT2D eigenvalue weighted by molar-refractivity contribution is -0.870. The summed E-state index contributed by atoms with van der Waals surface area (Å²) in [6.07, 6.45) is 41.5. The Labute approximate surface area is 307 Å². The third kappa shape index (κ3) is 34.6. The Kier molecular flexibility index (Phi) is 31.9. The second-order valence-corrected chi connectivity index (χ2v) is 15.7. The summed E-state index contributed by atoms with van der Waals surface area (Å²) in [6.45, 7) is 4.67. The fraction of sp³-hybridized carbons (Fsp3) is 0.732. The largest absolute Gasteiger partial charge is 0.472 e. The van der Waals surface area contributed by atoms with Gasteiger partial charge in [0.2, 0.25) is 5.91 Å². The van der Waals surface area contributed by atoms with Crippen LogP contribution in [-0.2, 0) is 18.4 Å². The minimum atomic E-state index is -4.34. The van der Waals surface area contributed by atoms with Crippen LogP contribution in [0.25, 0.3) is 0 Å². The van der Waals surface area contributed by atoms with E-state index in [1.807, 2.05) is 27.2 Å². The molecule has 8 nitrogen and oxygen atoms in total. The molecule has 0 heterocycles. The summed E-state index contributed by atoms with van der Waals surface area (Å²) < 4.78 is 23.4. The van der Waals surface area contributed by atoms with Crippen molar-refractivity contribution in [3.05, 3.63) is 60.8 Å². The number of phosphoric ester groups is 1. The van der Waals surface area contributed by atoms with E-state index in [4.69, 9.17) is 9.05 Å². The van der Waals surface area contributed by atoms with Crippen LogP contribution in [0.4, 0.5) is 0 Å². The summed E-state index contributed by atoms with van der Waals surface area (Å²) in [5, 5.41) is 13.7. The van der Waals surface area contributed by atoms with Crippen molar-refractivity contribution in [2.24, 2.45) is 0 Å². The molecular weight excluding hydrogens is 647 g/mol. The van der Waals surface area contributed by atoms with Gasteiger partial charge in [0.05, 0.1) is 39.9 Å². The van der Waals surface area contributed by atoms with E-state index < -0.39 is 20.0 Å². The summed E-state index contributed by atoms with van der Waals surface area (Å²) in [4.78, 5) is 23.0. The zero-order valence-corrected chi connectivity index (χ0v) is 33.5. The zero-order chi connectivity index (χ0) is 37.2. The lowest BCUT2D eigenvalue weighted by Crippen LogP contribution is -2.45. The Hall–Kier alpha value is -1.80. The third-order valence-corrected chi connectivity index (χ3v) is 9.19. The summed E-state index contributed by atoms with van der Waals surface area (Å²) >= 11 is 0. The van der Waals surface area contributed by atoms with Gasteiger partial charge in [-0.2, -0.15) is 0 Å². The maximum absolute atomic E-state index is 12.8. The van der Waals surface area contributed by atoms with Gasteiger partial charge in [0, 0.05) is 6.42 Å². The van der Waals surface area contributed by atoms with Gasteiger partial charge in [0.25, 0.3) is 0 Å². The van der Waals surface area contributed by atoms with E-state index in [1.54, 1.807) is 6.08 Å². The monoisotopic (exact) mass is 724 g/mol. The van der Waals surface area contributed by atoms with Crippen molar-refractivity contribution in [1.82, 2.24) is 5.32 Å². The van der Waals surface area contributed by atoms with Gasteiger partial charge in [-0.15, -0.1) is 0 Å². The average Bonchev–Trinajstić information content (AvgIpc) is 3.06. The first-order valence-electron chi connectivity index (χ1n) is 19.7. The molecule has 0 rings (SSSR count). The maximum Gasteiger partial charge on any atom is 0.472 e. The van der Waals surface area contributed by atoms with Crippen LogP contribution >= 0.6 is 7.82 Å². The topological polar surface area (TPSA) is 105 Å². The summed E-state index contributed by atoms with van der Waals surface area (Å²) in [7, 11) is 1.53. The molecule has 3 N–H and O–H groups in total. The first-order chi connectivity index (χ1) is 24.0. The number of allylic oxidation sites excluding steroid dienone is 9. The van der Waals surface area contributed by atoms with E-state index in [-0.39, 0.29) is 19.1 Å². The number of nitrogens with one attached hydrogen (secondary N) is 1. The van der Waals surface area contributed by atoms with Crippen LogP contribution in [0, 0.1) is 0 Å². The van der Waals surface area contributed by atoms with Crippen LogP contribution in [0.3, 0.4) is 0 Å². The van der Waals surface area contributed by atoms with E-state index in [1.165, 1.54) is 57.8 Å². The van der Waals surface area contributed by atoms with E-state index >= 15 is 0 Å². The van der Waals surface area contributed by atoms with Crippen LogP contribution in [0.5, 0.6) is 0 Å². The number of rotatable bonds is 34. The minimum absolute atomic E-state index is 0.0502. The number of phosphoric acid groups is 1. The molecule has 0 aromatic rings. The molecule has 0 aliphatic rings. The highest BCUT2D eigenvalue weighted by atomic mass is 31.2. The van der Waals surface area contributed by atoms with Crippen LogP contribution in [0.15, 0.2) is 60.8 Å². The molecule has 0 spiro atoms.